The number of rotatable bonds is 3. The Morgan fingerprint density at radius 1 is 1.38 bits per heavy atom. The molecule has 1 aliphatic heterocycles. The molecule has 0 unspecified atom stereocenters. The Morgan fingerprint density at radius 3 is 2.88 bits per heavy atom. The lowest BCUT2D eigenvalue weighted by Gasteiger charge is -2.11. The standard InChI is InChI=1S/C12H10N2O2/c1-2-3-4-8-14-11(15)9-6-5-7-13-10(9)12(14)16/h1,5-7H,3-4,8H2. The van der Waals surface area contributed by atoms with Crippen LogP contribution >= 0.6 is 0 Å². The lowest BCUT2D eigenvalue weighted by atomic mass is 10.2. The first kappa shape index (κ1) is 10.4. The molecule has 0 fully saturated rings. The quantitative estimate of drug-likeness (QED) is 0.430. The largest absolute Gasteiger partial charge is 0.280 e. The van der Waals surface area contributed by atoms with Gasteiger partial charge in [0.25, 0.3) is 11.8 Å². The third-order valence-corrected chi connectivity index (χ3v) is 2.43. The van der Waals surface area contributed by atoms with Crippen LogP contribution in [0.25, 0.3) is 0 Å². The number of imide groups is 1. The normalized spacial score (nSPS) is 13.8. The topological polar surface area (TPSA) is 50.3 Å². The molecule has 16 heavy (non-hydrogen) atoms. The molecule has 0 N–H and O–H groups in total. The summed E-state index contributed by atoms with van der Waals surface area (Å²) in [5.74, 6) is 1.88. The Morgan fingerprint density at radius 2 is 2.19 bits per heavy atom. The second kappa shape index (κ2) is 4.15. The molecule has 0 atom stereocenters. The summed E-state index contributed by atoms with van der Waals surface area (Å²) in [6.07, 6.45) is 7.81. The van der Waals surface area contributed by atoms with Gasteiger partial charge >= 0.3 is 0 Å². The van der Waals surface area contributed by atoms with E-state index in [9.17, 15) is 9.59 Å². The van der Waals surface area contributed by atoms with Gasteiger partial charge in [-0.2, -0.15) is 0 Å². The molecule has 4 nitrogen and oxygen atoms in total. The Hall–Kier alpha value is -2.15. The van der Waals surface area contributed by atoms with Gasteiger partial charge in [-0.05, 0) is 18.6 Å². The van der Waals surface area contributed by atoms with E-state index in [1.54, 1.807) is 12.1 Å². The van der Waals surface area contributed by atoms with Crippen molar-refractivity contribution < 1.29 is 9.59 Å². The molecule has 2 amide bonds. The zero-order valence-electron chi connectivity index (χ0n) is 8.64. The van der Waals surface area contributed by atoms with Gasteiger partial charge in [0.1, 0.15) is 5.69 Å². The molecule has 1 aromatic heterocycles. The maximum absolute atomic E-state index is 11.8. The van der Waals surface area contributed by atoms with E-state index in [1.807, 2.05) is 0 Å². The maximum Gasteiger partial charge on any atom is 0.280 e. The predicted octanol–water partition coefficient (Wildman–Crippen LogP) is 1.09. The van der Waals surface area contributed by atoms with Gasteiger partial charge in [-0.25, -0.2) is 0 Å². The van der Waals surface area contributed by atoms with Crippen molar-refractivity contribution in [2.75, 3.05) is 6.54 Å². The number of hydrogen-bond donors (Lipinski definition) is 0. The van der Waals surface area contributed by atoms with Gasteiger partial charge in [0.15, 0.2) is 0 Å². The van der Waals surface area contributed by atoms with E-state index in [2.05, 4.69) is 10.9 Å². The number of pyridine rings is 1. The van der Waals surface area contributed by atoms with Gasteiger partial charge in [-0.3, -0.25) is 19.5 Å². The highest BCUT2D eigenvalue weighted by Crippen LogP contribution is 2.20. The van der Waals surface area contributed by atoms with Crippen LogP contribution in [0.15, 0.2) is 18.3 Å². The molecule has 0 saturated carbocycles. The highest BCUT2D eigenvalue weighted by atomic mass is 16.2. The van der Waals surface area contributed by atoms with E-state index in [4.69, 9.17) is 6.42 Å². The number of unbranched alkanes of at least 4 members (excludes halogenated alkanes) is 1. The number of carbonyl (C=O) groups is 2. The molecule has 0 spiro atoms. The molecule has 0 aromatic carbocycles. The van der Waals surface area contributed by atoms with Gasteiger partial charge in [0, 0.05) is 19.2 Å². The van der Waals surface area contributed by atoms with Crippen molar-refractivity contribution in [3.05, 3.63) is 29.6 Å². The molecule has 2 heterocycles. The molecule has 0 bridgehead atoms. The molecule has 1 aromatic rings. The van der Waals surface area contributed by atoms with Crippen LogP contribution in [0.2, 0.25) is 0 Å². The first-order chi connectivity index (χ1) is 7.75. The third kappa shape index (κ3) is 1.57. The first-order valence-corrected chi connectivity index (χ1v) is 5.00. The Bertz CT molecular complexity index is 453. The first-order valence-electron chi connectivity index (χ1n) is 5.00. The molecule has 0 radical (unpaired) electrons. The number of hydrogen-bond acceptors (Lipinski definition) is 3. The summed E-state index contributed by atoms with van der Waals surface area (Å²) in [6.45, 7) is 0.359. The number of nitrogens with zero attached hydrogens (tertiary/aromatic N) is 2. The molecular weight excluding hydrogens is 204 g/mol. The molecule has 0 aliphatic carbocycles. The van der Waals surface area contributed by atoms with Crippen LogP contribution in [0, 0.1) is 12.3 Å². The summed E-state index contributed by atoms with van der Waals surface area (Å²) in [4.78, 5) is 28.7. The van der Waals surface area contributed by atoms with E-state index in [0.717, 1.165) is 0 Å². The van der Waals surface area contributed by atoms with Crippen LogP contribution in [0.1, 0.15) is 33.7 Å². The fourth-order valence-electron chi connectivity index (χ4n) is 1.66. The Kier molecular flexibility index (Phi) is 2.69. The summed E-state index contributed by atoms with van der Waals surface area (Å²) in [5, 5.41) is 0. The van der Waals surface area contributed by atoms with Crippen LogP contribution in [0.5, 0.6) is 0 Å². The molecule has 4 heteroatoms. The predicted molar refractivity (Wildman–Crippen MR) is 57.7 cm³/mol. The van der Waals surface area contributed by atoms with E-state index < -0.39 is 0 Å². The third-order valence-electron chi connectivity index (χ3n) is 2.43. The zero-order chi connectivity index (χ0) is 11.5. The minimum absolute atomic E-state index is 0.244. The van der Waals surface area contributed by atoms with Crippen molar-refractivity contribution in [1.82, 2.24) is 9.88 Å². The van der Waals surface area contributed by atoms with Gasteiger partial charge in [-0.1, -0.05) is 0 Å². The Labute approximate surface area is 93.3 Å². The van der Waals surface area contributed by atoms with Gasteiger partial charge < -0.3 is 0 Å². The van der Waals surface area contributed by atoms with Crippen molar-refractivity contribution in [3.8, 4) is 12.3 Å². The van der Waals surface area contributed by atoms with Crippen LogP contribution in [-0.4, -0.2) is 28.2 Å². The monoisotopic (exact) mass is 214 g/mol. The molecular formula is C12H10N2O2. The van der Waals surface area contributed by atoms with E-state index >= 15 is 0 Å². The number of amides is 2. The summed E-state index contributed by atoms with van der Waals surface area (Å²) < 4.78 is 0. The fraction of sp³-hybridized carbons (Fsp3) is 0.250. The molecule has 80 valence electrons. The highest BCUT2D eigenvalue weighted by Gasteiger charge is 2.35. The van der Waals surface area contributed by atoms with Gasteiger partial charge in [0.05, 0.1) is 5.56 Å². The number of aromatic nitrogens is 1. The number of carbonyl (C=O) groups excluding carboxylic acids is 2. The van der Waals surface area contributed by atoms with Crippen LogP contribution in [0.4, 0.5) is 0 Å². The minimum Gasteiger partial charge on any atom is -0.273 e. The Balaban J connectivity index is 2.19. The fourth-order valence-corrected chi connectivity index (χ4v) is 1.66. The van der Waals surface area contributed by atoms with Crippen molar-refractivity contribution in [2.24, 2.45) is 0 Å². The van der Waals surface area contributed by atoms with E-state index in [-0.39, 0.29) is 17.5 Å². The van der Waals surface area contributed by atoms with Gasteiger partial charge in [0.2, 0.25) is 0 Å². The minimum atomic E-state index is -0.322. The van der Waals surface area contributed by atoms with Crippen molar-refractivity contribution >= 4 is 11.8 Å². The SMILES string of the molecule is C#CCCCN1C(=O)c2cccnc2C1=O. The summed E-state index contributed by atoms with van der Waals surface area (Å²) in [6, 6.07) is 3.26. The molecule has 0 saturated heterocycles. The lowest BCUT2D eigenvalue weighted by molar-refractivity contribution is 0.0651. The summed E-state index contributed by atoms with van der Waals surface area (Å²) >= 11 is 0. The molecule has 1 aliphatic rings. The van der Waals surface area contributed by atoms with E-state index in [1.165, 1.54) is 11.1 Å². The maximum atomic E-state index is 11.8. The second-order valence-electron chi connectivity index (χ2n) is 3.47. The number of terminal acetylenes is 1. The van der Waals surface area contributed by atoms with Crippen LogP contribution < -0.4 is 0 Å². The average molecular weight is 214 g/mol. The highest BCUT2D eigenvalue weighted by molar-refractivity contribution is 6.20. The van der Waals surface area contributed by atoms with Crippen molar-refractivity contribution in [1.29, 1.82) is 0 Å². The zero-order valence-corrected chi connectivity index (χ0v) is 8.64. The smallest absolute Gasteiger partial charge is 0.273 e. The summed E-state index contributed by atoms with van der Waals surface area (Å²) in [7, 11) is 0. The number of fused-ring (bicyclic) bond motifs is 1. The van der Waals surface area contributed by atoms with Gasteiger partial charge in [-0.15, -0.1) is 12.3 Å². The van der Waals surface area contributed by atoms with Crippen LogP contribution in [0.3, 0.4) is 0 Å². The lowest BCUT2D eigenvalue weighted by Crippen LogP contribution is -2.30. The van der Waals surface area contributed by atoms with Crippen LogP contribution in [-0.2, 0) is 0 Å². The average Bonchev–Trinajstić information content (AvgIpc) is 2.55. The van der Waals surface area contributed by atoms with E-state index in [0.29, 0.717) is 24.9 Å². The van der Waals surface area contributed by atoms with Crippen molar-refractivity contribution in [2.45, 2.75) is 12.8 Å². The molecule has 2 rings (SSSR count). The summed E-state index contributed by atoms with van der Waals surface area (Å²) in [5.41, 5.74) is 0.626. The van der Waals surface area contributed by atoms with Crippen molar-refractivity contribution in [3.63, 3.8) is 0 Å². The second-order valence-corrected chi connectivity index (χ2v) is 3.47.